The molecule has 0 rings (SSSR count). The second kappa shape index (κ2) is 12.7. The Kier molecular flexibility index (Phi) is 15.3. The molecule has 4 atom stereocenters. The summed E-state index contributed by atoms with van der Waals surface area (Å²) >= 11 is 0. The largest absolute Gasteiger partial charge is 0.527 e. The zero-order valence-electron chi connectivity index (χ0n) is 13.2. The summed E-state index contributed by atoms with van der Waals surface area (Å²) in [5.74, 6) is -2.67. The summed E-state index contributed by atoms with van der Waals surface area (Å²) in [6.45, 7) is 2.40. The van der Waals surface area contributed by atoms with Crippen LogP contribution in [-0.2, 0) is 27.8 Å². The van der Waals surface area contributed by atoms with Crippen molar-refractivity contribution in [1.29, 1.82) is 0 Å². The summed E-state index contributed by atoms with van der Waals surface area (Å²) in [5, 5.41) is 17.4. The molecule has 146 valence electrons. The molecule has 0 amide bonds. The fraction of sp³-hybridized carbons (Fsp3) is 0.750. The number of aliphatic hydroxyl groups excluding tert-OH is 2. The van der Waals surface area contributed by atoms with Crippen LogP contribution in [0, 0.1) is 0 Å². The van der Waals surface area contributed by atoms with E-state index in [4.69, 9.17) is 41.3 Å². The summed E-state index contributed by atoms with van der Waals surface area (Å²) < 4.78 is 27.4. The molecule has 0 aromatic carbocycles. The average Bonchev–Trinajstić information content (AvgIpc) is 2.33. The van der Waals surface area contributed by atoms with E-state index in [2.05, 4.69) is 9.05 Å². The second-order valence-corrected chi connectivity index (χ2v) is 6.66. The minimum Gasteiger partial charge on any atom is -0.391 e. The molecule has 0 heterocycles. The van der Waals surface area contributed by atoms with Crippen LogP contribution in [0.4, 0.5) is 0 Å². The van der Waals surface area contributed by atoms with Crippen molar-refractivity contribution in [3.63, 3.8) is 0 Å². The van der Waals surface area contributed by atoms with E-state index in [-0.39, 0.29) is 37.7 Å². The van der Waals surface area contributed by atoms with Gasteiger partial charge in [0.05, 0.1) is 12.2 Å². The van der Waals surface area contributed by atoms with E-state index < -0.39 is 51.9 Å². The smallest absolute Gasteiger partial charge is 0.391 e. The van der Waals surface area contributed by atoms with E-state index in [0.717, 1.165) is 0 Å². The summed E-state index contributed by atoms with van der Waals surface area (Å²) in [6, 6.07) is -2.89. The SMILES string of the molecule is C[C@@H](O)[C@H](N)C(=O)OP(=O)(O)O.C[C@@H](O)[C@H](N)C(=O)OP(=O)(O)O.[Ca]. The molecule has 0 saturated carbocycles. The molecule has 25 heavy (non-hydrogen) atoms. The van der Waals surface area contributed by atoms with Gasteiger partial charge in [-0.15, -0.1) is 0 Å². The third-order valence-corrected chi connectivity index (χ3v) is 2.84. The number of phosphoric acid groups is 2. The van der Waals surface area contributed by atoms with Crippen molar-refractivity contribution in [2.24, 2.45) is 11.5 Å². The fourth-order valence-corrected chi connectivity index (χ4v) is 1.46. The van der Waals surface area contributed by atoms with Crippen LogP contribution in [0.5, 0.6) is 0 Å². The molecule has 17 heteroatoms. The molecule has 0 aliphatic rings. The molecule has 10 N–H and O–H groups in total. The van der Waals surface area contributed by atoms with Crippen molar-refractivity contribution in [2.75, 3.05) is 0 Å². The normalized spacial score (nSPS) is 16.1. The molecule has 0 saturated heterocycles. The van der Waals surface area contributed by atoms with E-state index in [1.54, 1.807) is 0 Å². The molecular formula is C8H20CaN2O12P2. The van der Waals surface area contributed by atoms with E-state index in [1.165, 1.54) is 13.8 Å². The average molecular weight is 438 g/mol. The molecule has 0 aromatic rings. The Morgan fingerprint density at radius 1 is 0.800 bits per heavy atom. The first kappa shape index (κ1) is 30.1. The molecule has 14 nitrogen and oxygen atoms in total. The van der Waals surface area contributed by atoms with Crippen molar-refractivity contribution in [3.05, 3.63) is 0 Å². The predicted molar refractivity (Wildman–Crippen MR) is 81.3 cm³/mol. The summed E-state index contributed by atoms with van der Waals surface area (Å²) in [4.78, 5) is 53.8. The Balaban J connectivity index is -0.000000372. The summed E-state index contributed by atoms with van der Waals surface area (Å²) in [6.07, 6.45) is -2.44. The van der Waals surface area contributed by atoms with Gasteiger partial charge in [-0.05, 0) is 13.8 Å². The maximum Gasteiger partial charge on any atom is 0.527 e. The van der Waals surface area contributed by atoms with E-state index in [1.807, 2.05) is 0 Å². The van der Waals surface area contributed by atoms with Crippen LogP contribution in [0.2, 0.25) is 0 Å². The number of carbonyl (C=O) groups is 2. The first-order chi connectivity index (χ1) is 10.5. The standard InChI is InChI=1S/2C4H10NO6P.Ca/c2*1-2(6)3(5)4(7)11-12(8,9)10;/h2*2-3,6H,5H2,1H3,(H2,8,9,10);/t2*2-,3+;/m11./s1. The van der Waals surface area contributed by atoms with E-state index >= 15 is 0 Å². The van der Waals surface area contributed by atoms with Crippen LogP contribution in [0.15, 0.2) is 0 Å². The Morgan fingerprint density at radius 2 is 1.00 bits per heavy atom. The van der Waals surface area contributed by atoms with Crippen molar-refractivity contribution >= 4 is 65.3 Å². The maximum atomic E-state index is 10.6. The topological polar surface area (TPSA) is 260 Å². The first-order valence-electron chi connectivity index (χ1n) is 5.93. The van der Waals surface area contributed by atoms with Crippen molar-refractivity contribution in [2.45, 2.75) is 38.1 Å². The van der Waals surface area contributed by atoms with Gasteiger partial charge in [0, 0.05) is 37.7 Å². The van der Waals surface area contributed by atoms with E-state index in [0.29, 0.717) is 0 Å². The zero-order valence-corrected chi connectivity index (χ0v) is 17.2. The van der Waals surface area contributed by atoms with Gasteiger partial charge in [0.15, 0.2) is 0 Å². The van der Waals surface area contributed by atoms with Gasteiger partial charge in [-0.2, -0.15) is 0 Å². The van der Waals surface area contributed by atoms with Gasteiger partial charge in [0.25, 0.3) is 0 Å². The van der Waals surface area contributed by atoms with Crippen LogP contribution in [0.1, 0.15) is 13.8 Å². The molecular weight excluding hydrogens is 418 g/mol. The van der Waals surface area contributed by atoms with Gasteiger partial charge in [-0.3, -0.25) is 19.6 Å². The number of hydrogen-bond donors (Lipinski definition) is 8. The number of hydrogen-bond acceptors (Lipinski definition) is 10. The van der Waals surface area contributed by atoms with Crippen molar-refractivity contribution < 1.29 is 57.6 Å². The summed E-state index contributed by atoms with van der Waals surface area (Å²) in [7, 11) is -9.71. The number of aliphatic hydroxyl groups is 2. The number of phosphoric ester groups is 2. The minimum absolute atomic E-state index is 0. The molecule has 0 fully saturated rings. The molecule has 0 spiro atoms. The monoisotopic (exact) mass is 438 g/mol. The van der Waals surface area contributed by atoms with Gasteiger partial charge in [-0.25, -0.2) is 18.7 Å². The molecule has 0 unspecified atom stereocenters. The van der Waals surface area contributed by atoms with Gasteiger partial charge in [0.2, 0.25) is 0 Å². The van der Waals surface area contributed by atoms with Crippen LogP contribution in [-0.4, -0.2) is 104 Å². The third-order valence-electron chi connectivity index (χ3n) is 2.00. The Hall–Kier alpha value is 0.340. The Labute approximate surface area is 172 Å². The van der Waals surface area contributed by atoms with Crippen molar-refractivity contribution in [1.82, 2.24) is 0 Å². The van der Waals surface area contributed by atoms with Gasteiger partial charge >= 0.3 is 27.6 Å². The van der Waals surface area contributed by atoms with Gasteiger partial charge in [-0.1, -0.05) is 0 Å². The first-order valence-corrected chi connectivity index (χ1v) is 8.99. The molecule has 0 aromatic heterocycles. The minimum atomic E-state index is -4.86. The van der Waals surface area contributed by atoms with Crippen LogP contribution in [0.25, 0.3) is 0 Å². The number of rotatable bonds is 6. The Morgan fingerprint density at radius 3 is 1.12 bits per heavy atom. The number of nitrogens with two attached hydrogens (primary N) is 2. The third kappa shape index (κ3) is 17.5. The quantitative estimate of drug-likeness (QED) is 0.146. The van der Waals surface area contributed by atoms with Crippen LogP contribution >= 0.6 is 15.6 Å². The van der Waals surface area contributed by atoms with E-state index in [9.17, 15) is 18.7 Å². The van der Waals surface area contributed by atoms with Gasteiger partial charge in [0.1, 0.15) is 12.1 Å². The van der Waals surface area contributed by atoms with Crippen LogP contribution < -0.4 is 11.5 Å². The zero-order chi connectivity index (χ0) is 19.9. The Bertz CT molecular complexity index is 471. The molecule has 2 radical (unpaired) electrons. The second-order valence-electron chi connectivity index (χ2n) is 4.33. The molecule has 0 bridgehead atoms. The van der Waals surface area contributed by atoms with Crippen molar-refractivity contribution in [3.8, 4) is 0 Å². The molecule has 0 aliphatic heterocycles. The number of carbonyl (C=O) groups excluding carboxylic acids is 2. The molecule has 0 aliphatic carbocycles. The maximum absolute atomic E-state index is 10.6. The predicted octanol–water partition coefficient (Wildman–Crippen LogP) is -3.72. The summed E-state index contributed by atoms with van der Waals surface area (Å²) in [5.41, 5.74) is 10.00. The van der Waals surface area contributed by atoms with Gasteiger partial charge < -0.3 is 30.7 Å². The van der Waals surface area contributed by atoms with Crippen LogP contribution in [0.3, 0.4) is 0 Å². The fourth-order valence-electron chi connectivity index (χ4n) is 0.750.